The van der Waals surface area contributed by atoms with Gasteiger partial charge in [-0.15, -0.1) is 5.10 Å². The second-order valence-corrected chi connectivity index (χ2v) is 8.21. The van der Waals surface area contributed by atoms with Gasteiger partial charge in [0, 0.05) is 11.8 Å². The van der Waals surface area contributed by atoms with Crippen molar-refractivity contribution in [2.24, 2.45) is 0 Å². The van der Waals surface area contributed by atoms with Crippen molar-refractivity contribution in [3.63, 3.8) is 0 Å². The number of rotatable bonds is 5. The minimum Gasteiger partial charge on any atom is -0.401 e. The van der Waals surface area contributed by atoms with Gasteiger partial charge in [-0.1, -0.05) is 17.2 Å². The van der Waals surface area contributed by atoms with Crippen LogP contribution in [0.3, 0.4) is 0 Å². The van der Waals surface area contributed by atoms with E-state index in [0.29, 0.717) is 5.69 Å². The van der Waals surface area contributed by atoms with E-state index in [9.17, 15) is 13.2 Å². The first-order chi connectivity index (χ1) is 12.4. The van der Waals surface area contributed by atoms with Crippen LogP contribution in [-0.4, -0.2) is 34.8 Å². The summed E-state index contributed by atoms with van der Waals surface area (Å²) in [5.74, 6) is -0.390. The number of carbonyl (C=O) groups excluding carboxylic acids is 1. The number of amides is 1. The first-order valence-corrected chi connectivity index (χ1v) is 9.33. The van der Waals surface area contributed by atoms with Gasteiger partial charge in [0.2, 0.25) is 0 Å². The molecule has 0 aliphatic heterocycles. The lowest BCUT2D eigenvalue weighted by Gasteiger charge is -2.09. The zero-order valence-electron chi connectivity index (χ0n) is 14.1. The molecule has 0 aliphatic rings. The maximum atomic E-state index is 12.4. The van der Waals surface area contributed by atoms with Crippen molar-refractivity contribution in [3.8, 4) is 11.6 Å². The molecule has 0 saturated heterocycles. The van der Waals surface area contributed by atoms with Gasteiger partial charge in [-0.05, 0) is 44.2 Å². The van der Waals surface area contributed by atoms with Gasteiger partial charge >= 0.3 is 6.01 Å². The average Bonchev–Trinajstić information content (AvgIpc) is 3.11. The Morgan fingerprint density at radius 2 is 1.92 bits per heavy atom. The molecule has 3 aromatic rings. The lowest BCUT2D eigenvalue weighted by molar-refractivity contribution is 0.102. The van der Waals surface area contributed by atoms with Gasteiger partial charge in [-0.2, -0.15) is 0 Å². The van der Waals surface area contributed by atoms with Crippen LogP contribution in [0.4, 0.5) is 6.01 Å². The van der Waals surface area contributed by atoms with Gasteiger partial charge in [0.25, 0.3) is 11.8 Å². The summed E-state index contributed by atoms with van der Waals surface area (Å²) in [7, 11) is -3.48. The Morgan fingerprint density at radius 1 is 1.12 bits per heavy atom. The number of carbonyl (C=O) groups is 1. The molecule has 0 unspecified atom stereocenters. The summed E-state index contributed by atoms with van der Waals surface area (Å²) in [6.07, 6.45) is 1.58. The fourth-order valence-corrected chi connectivity index (χ4v) is 3.23. The van der Waals surface area contributed by atoms with Crippen molar-refractivity contribution in [2.45, 2.75) is 24.0 Å². The molecular formula is C17H16N4O4S. The van der Waals surface area contributed by atoms with Gasteiger partial charge < -0.3 is 4.42 Å². The summed E-state index contributed by atoms with van der Waals surface area (Å²) < 4.78 is 29.9. The summed E-state index contributed by atoms with van der Waals surface area (Å²) >= 11 is 0. The first kappa shape index (κ1) is 17.7. The summed E-state index contributed by atoms with van der Waals surface area (Å²) in [5.41, 5.74) is 0.648. The minimum atomic E-state index is -3.48. The van der Waals surface area contributed by atoms with Crippen LogP contribution in [0.2, 0.25) is 0 Å². The molecule has 0 aliphatic carbocycles. The average molecular weight is 372 g/mol. The fraction of sp³-hybridized carbons (Fsp3) is 0.176. The van der Waals surface area contributed by atoms with Gasteiger partial charge in [-0.3, -0.25) is 15.1 Å². The molecule has 2 heterocycles. The molecule has 0 bridgehead atoms. The van der Waals surface area contributed by atoms with Gasteiger partial charge in [-0.25, -0.2) is 8.42 Å². The minimum absolute atomic E-state index is 0.0832. The van der Waals surface area contributed by atoms with Gasteiger partial charge in [0.05, 0.1) is 10.1 Å². The number of sulfone groups is 1. The van der Waals surface area contributed by atoms with E-state index in [1.54, 1.807) is 38.2 Å². The molecule has 134 valence electrons. The van der Waals surface area contributed by atoms with Crippen molar-refractivity contribution in [1.29, 1.82) is 0 Å². The summed E-state index contributed by atoms with van der Waals surface area (Å²) in [6.45, 7) is 3.17. The van der Waals surface area contributed by atoms with E-state index in [1.807, 2.05) is 0 Å². The number of aromatic nitrogens is 3. The summed E-state index contributed by atoms with van der Waals surface area (Å²) in [4.78, 5) is 16.5. The number of anilines is 1. The SMILES string of the molecule is CC(C)S(=O)(=O)c1cccc(C(=O)Nc2nnc(-c3ccccn3)o2)c1. The molecule has 2 aromatic heterocycles. The largest absolute Gasteiger partial charge is 0.401 e. The van der Waals surface area contributed by atoms with Crippen molar-refractivity contribution in [2.75, 3.05) is 5.32 Å². The predicted molar refractivity (Wildman–Crippen MR) is 94.2 cm³/mol. The lowest BCUT2D eigenvalue weighted by atomic mass is 10.2. The molecule has 26 heavy (non-hydrogen) atoms. The molecule has 0 saturated carbocycles. The number of hydrogen-bond acceptors (Lipinski definition) is 7. The number of nitrogens with zero attached hydrogens (tertiary/aromatic N) is 3. The second-order valence-electron chi connectivity index (χ2n) is 5.70. The first-order valence-electron chi connectivity index (χ1n) is 7.78. The molecule has 0 fully saturated rings. The van der Waals surface area contributed by atoms with E-state index >= 15 is 0 Å². The molecule has 0 radical (unpaired) electrons. The predicted octanol–water partition coefficient (Wildman–Crippen LogP) is 2.57. The molecule has 3 rings (SSSR count). The zero-order chi connectivity index (χ0) is 18.7. The summed E-state index contributed by atoms with van der Waals surface area (Å²) in [6, 6.07) is 10.9. The Hall–Kier alpha value is -3.07. The number of benzene rings is 1. The fourth-order valence-electron chi connectivity index (χ4n) is 2.12. The lowest BCUT2D eigenvalue weighted by Crippen LogP contribution is -2.16. The summed E-state index contributed by atoms with van der Waals surface area (Å²) in [5, 5.41) is 9.44. The normalized spacial score (nSPS) is 11.5. The maximum absolute atomic E-state index is 12.4. The van der Waals surface area contributed by atoms with Crippen molar-refractivity contribution < 1.29 is 17.6 Å². The smallest absolute Gasteiger partial charge is 0.322 e. The molecule has 9 heteroatoms. The van der Waals surface area contributed by atoms with E-state index in [4.69, 9.17) is 4.42 Å². The van der Waals surface area contributed by atoms with Gasteiger partial charge in [0.15, 0.2) is 9.84 Å². The Labute approximate surface area is 150 Å². The Balaban J connectivity index is 1.80. The highest BCUT2D eigenvalue weighted by molar-refractivity contribution is 7.92. The van der Waals surface area contributed by atoms with Crippen molar-refractivity contribution >= 4 is 21.8 Å². The quantitative estimate of drug-likeness (QED) is 0.732. The van der Waals surface area contributed by atoms with Crippen molar-refractivity contribution in [3.05, 3.63) is 54.2 Å². The highest BCUT2D eigenvalue weighted by Gasteiger charge is 2.21. The van der Waals surface area contributed by atoms with Crippen LogP contribution in [0.25, 0.3) is 11.6 Å². The van der Waals surface area contributed by atoms with Crippen LogP contribution in [0.15, 0.2) is 58.0 Å². The van der Waals surface area contributed by atoms with Crippen LogP contribution in [-0.2, 0) is 9.84 Å². The van der Waals surface area contributed by atoms with Crippen LogP contribution in [0.5, 0.6) is 0 Å². The van der Waals surface area contributed by atoms with E-state index in [2.05, 4.69) is 20.5 Å². The third-order valence-electron chi connectivity index (χ3n) is 3.57. The van der Waals surface area contributed by atoms with E-state index in [0.717, 1.165) is 0 Å². The maximum Gasteiger partial charge on any atom is 0.322 e. The van der Waals surface area contributed by atoms with Gasteiger partial charge in [0.1, 0.15) is 5.69 Å². The Morgan fingerprint density at radius 3 is 2.62 bits per heavy atom. The van der Waals surface area contributed by atoms with Crippen molar-refractivity contribution in [1.82, 2.24) is 15.2 Å². The number of pyridine rings is 1. The molecule has 1 N–H and O–H groups in total. The molecule has 0 atom stereocenters. The van der Waals surface area contributed by atoms with Crippen LogP contribution >= 0.6 is 0 Å². The number of hydrogen-bond donors (Lipinski definition) is 1. The van der Waals surface area contributed by atoms with Crippen LogP contribution < -0.4 is 5.32 Å². The second kappa shape index (κ2) is 7.04. The molecule has 1 amide bonds. The highest BCUT2D eigenvalue weighted by atomic mass is 32.2. The molecule has 0 spiro atoms. The Kier molecular flexibility index (Phi) is 4.81. The monoisotopic (exact) mass is 372 g/mol. The Bertz CT molecular complexity index is 1030. The zero-order valence-corrected chi connectivity index (χ0v) is 14.9. The molecular weight excluding hydrogens is 356 g/mol. The third-order valence-corrected chi connectivity index (χ3v) is 5.73. The van der Waals surface area contributed by atoms with Crippen LogP contribution in [0.1, 0.15) is 24.2 Å². The van der Waals surface area contributed by atoms with E-state index < -0.39 is 21.0 Å². The number of nitrogens with one attached hydrogen (secondary N) is 1. The highest BCUT2D eigenvalue weighted by Crippen LogP contribution is 2.20. The van der Waals surface area contributed by atoms with Crippen LogP contribution in [0, 0.1) is 0 Å². The standard InChI is InChI=1S/C17H16N4O4S/c1-11(2)26(23,24)13-7-5-6-12(10-13)15(22)19-17-21-20-16(25-17)14-8-3-4-9-18-14/h3-11H,1-2H3,(H,19,21,22). The topological polar surface area (TPSA) is 115 Å². The molecule has 8 nitrogen and oxygen atoms in total. The van der Waals surface area contributed by atoms with E-state index in [1.165, 1.54) is 24.3 Å². The van der Waals surface area contributed by atoms with E-state index in [-0.39, 0.29) is 22.4 Å². The molecule has 1 aromatic carbocycles. The third kappa shape index (κ3) is 3.62.